The molecule has 14 heavy (non-hydrogen) atoms. The molecule has 0 saturated heterocycles. The van der Waals surface area contributed by atoms with Crippen molar-refractivity contribution in [3.05, 3.63) is 28.8 Å². The smallest absolute Gasteiger partial charge is 0.254 e. The Hall–Kier alpha value is -1.22. The van der Waals surface area contributed by atoms with Crippen molar-refractivity contribution in [3.63, 3.8) is 0 Å². The maximum absolute atomic E-state index is 11.6. The molecule has 1 amide bonds. The minimum absolute atomic E-state index is 0.0906. The molecule has 0 aliphatic rings. The van der Waals surface area contributed by atoms with Gasteiger partial charge in [0.2, 0.25) is 0 Å². The molecule has 0 aromatic heterocycles. The van der Waals surface area contributed by atoms with E-state index < -0.39 is 0 Å². The van der Waals surface area contributed by atoms with E-state index in [1.165, 1.54) is 4.90 Å². The summed E-state index contributed by atoms with van der Waals surface area (Å²) in [7, 11) is 5.20. The lowest BCUT2D eigenvalue weighted by atomic mass is 10.2. The lowest BCUT2D eigenvalue weighted by molar-refractivity contribution is 0.0828. The number of carbonyl (C=O) groups is 1. The molecule has 0 aliphatic carbocycles. The van der Waals surface area contributed by atoms with Crippen LogP contribution in [0.25, 0.3) is 0 Å². The molecule has 0 heterocycles. The zero-order valence-corrected chi connectivity index (χ0v) is 9.22. The van der Waals surface area contributed by atoms with Crippen molar-refractivity contribution < 1.29 is 4.79 Å². The lowest BCUT2D eigenvalue weighted by Crippen LogP contribution is -2.22. The van der Waals surface area contributed by atoms with Gasteiger partial charge >= 0.3 is 0 Å². The first kappa shape index (κ1) is 10.9. The second kappa shape index (κ2) is 4.33. The molecule has 0 spiro atoms. The number of nitrogens with zero attached hydrogens (tertiary/aromatic N) is 1. The molecule has 1 rings (SSSR count). The van der Waals surface area contributed by atoms with Crippen molar-refractivity contribution in [2.24, 2.45) is 0 Å². The Morgan fingerprint density at radius 3 is 2.57 bits per heavy atom. The van der Waals surface area contributed by atoms with Gasteiger partial charge in [0, 0.05) is 26.8 Å². The number of nitrogens with one attached hydrogen (secondary N) is 1. The minimum atomic E-state index is -0.0906. The van der Waals surface area contributed by atoms with Crippen LogP contribution in [-0.4, -0.2) is 32.0 Å². The number of amides is 1. The topological polar surface area (TPSA) is 32.3 Å². The third kappa shape index (κ3) is 2.17. The largest absolute Gasteiger partial charge is 0.388 e. The number of halogens is 1. The summed E-state index contributed by atoms with van der Waals surface area (Å²) in [5.41, 5.74) is 1.39. The summed E-state index contributed by atoms with van der Waals surface area (Å²) in [5, 5.41) is 3.43. The molecule has 0 bridgehead atoms. The normalized spacial score (nSPS) is 9.71. The van der Waals surface area contributed by atoms with Gasteiger partial charge < -0.3 is 10.2 Å². The molecule has 1 aromatic rings. The Morgan fingerprint density at radius 2 is 2.07 bits per heavy atom. The van der Waals surface area contributed by atoms with Gasteiger partial charge in [0.1, 0.15) is 0 Å². The molecule has 0 aliphatic heterocycles. The maximum Gasteiger partial charge on any atom is 0.254 e. The minimum Gasteiger partial charge on any atom is -0.388 e. The van der Waals surface area contributed by atoms with E-state index in [0.717, 1.165) is 5.69 Å². The van der Waals surface area contributed by atoms with E-state index in [4.69, 9.17) is 11.6 Å². The molecule has 3 nitrogen and oxygen atoms in total. The fraction of sp³-hybridized carbons (Fsp3) is 0.300. The van der Waals surface area contributed by atoms with Crippen LogP contribution in [-0.2, 0) is 0 Å². The average molecular weight is 213 g/mol. The molecule has 4 heteroatoms. The molecule has 0 unspecified atom stereocenters. The molecular weight excluding hydrogens is 200 g/mol. The SMILES string of the molecule is CNc1ccc(Cl)c(C(=O)N(C)C)c1. The van der Waals surface area contributed by atoms with Crippen LogP contribution in [0.4, 0.5) is 5.69 Å². The number of benzene rings is 1. The van der Waals surface area contributed by atoms with Gasteiger partial charge in [-0.3, -0.25) is 4.79 Å². The molecule has 0 atom stereocenters. The fourth-order valence-electron chi connectivity index (χ4n) is 1.09. The highest BCUT2D eigenvalue weighted by Gasteiger charge is 2.12. The molecule has 1 N–H and O–H groups in total. The summed E-state index contributed by atoms with van der Waals surface area (Å²) in [6.45, 7) is 0. The third-order valence-corrected chi connectivity index (χ3v) is 2.22. The predicted octanol–water partition coefficient (Wildman–Crippen LogP) is 2.08. The Labute approximate surface area is 88.7 Å². The monoisotopic (exact) mass is 212 g/mol. The zero-order chi connectivity index (χ0) is 10.7. The van der Waals surface area contributed by atoms with Crippen molar-refractivity contribution in [2.75, 3.05) is 26.5 Å². The van der Waals surface area contributed by atoms with Crippen molar-refractivity contribution >= 4 is 23.2 Å². The van der Waals surface area contributed by atoms with Gasteiger partial charge in [-0.15, -0.1) is 0 Å². The standard InChI is InChI=1S/C10H13ClN2O/c1-12-7-4-5-9(11)8(6-7)10(14)13(2)3/h4-6,12H,1-3H3. The average Bonchev–Trinajstić information content (AvgIpc) is 2.17. The molecule has 76 valence electrons. The van der Waals surface area contributed by atoms with E-state index >= 15 is 0 Å². The summed E-state index contributed by atoms with van der Waals surface area (Å²) >= 11 is 5.92. The van der Waals surface area contributed by atoms with Gasteiger partial charge in [-0.05, 0) is 18.2 Å². The number of anilines is 1. The third-order valence-electron chi connectivity index (χ3n) is 1.89. The van der Waals surface area contributed by atoms with Crippen LogP contribution in [0, 0.1) is 0 Å². The van der Waals surface area contributed by atoms with Crippen LogP contribution in [0.2, 0.25) is 5.02 Å². The van der Waals surface area contributed by atoms with Gasteiger partial charge in [0.15, 0.2) is 0 Å². The zero-order valence-electron chi connectivity index (χ0n) is 8.47. The van der Waals surface area contributed by atoms with Crippen molar-refractivity contribution in [3.8, 4) is 0 Å². The van der Waals surface area contributed by atoms with Crippen molar-refractivity contribution in [1.82, 2.24) is 4.90 Å². The predicted molar refractivity (Wildman–Crippen MR) is 59.0 cm³/mol. The molecule has 0 fully saturated rings. The van der Waals surface area contributed by atoms with E-state index in [9.17, 15) is 4.79 Å². The van der Waals surface area contributed by atoms with Crippen LogP contribution < -0.4 is 5.32 Å². The number of rotatable bonds is 2. The molecular formula is C10H13ClN2O. The van der Waals surface area contributed by atoms with Crippen LogP contribution in [0.15, 0.2) is 18.2 Å². The second-order valence-electron chi connectivity index (χ2n) is 3.14. The van der Waals surface area contributed by atoms with Gasteiger partial charge in [0.25, 0.3) is 5.91 Å². The van der Waals surface area contributed by atoms with E-state index in [1.54, 1.807) is 33.3 Å². The van der Waals surface area contributed by atoms with Gasteiger partial charge in [-0.2, -0.15) is 0 Å². The number of hydrogen-bond acceptors (Lipinski definition) is 2. The highest BCUT2D eigenvalue weighted by molar-refractivity contribution is 6.33. The fourth-order valence-corrected chi connectivity index (χ4v) is 1.28. The Bertz CT molecular complexity index is 350. The lowest BCUT2D eigenvalue weighted by Gasteiger charge is -2.12. The maximum atomic E-state index is 11.6. The van der Waals surface area contributed by atoms with E-state index in [0.29, 0.717) is 10.6 Å². The summed E-state index contributed by atoms with van der Waals surface area (Å²) in [6, 6.07) is 5.28. The van der Waals surface area contributed by atoms with E-state index in [-0.39, 0.29) is 5.91 Å². The summed E-state index contributed by atoms with van der Waals surface area (Å²) in [4.78, 5) is 13.1. The van der Waals surface area contributed by atoms with Crippen LogP contribution in [0.3, 0.4) is 0 Å². The van der Waals surface area contributed by atoms with Gasteiger partial charge in [0.05, 0.1) is 10.6 Å². The summed E-state index contributed by atoms with van der Waals surface area (Å²) < 4.78 is 0. The molecule has 0 saturated carbocycles. The quantitative estimate of drug-likeness (QED) is 0.814. The van der Waals surface area contributed by atoms with Gasteiger partial charge in [-0.1, -0.05) is 11.6 Å². The summed E-state index contributed by atoms with van der Waals surface area (Å²) in [6.07, 6.45) is 0. The Balaban J connectivity index is 3.12. The number of hydrogen-bond donors (Lipinski definition) is 1. The Morgan fingerprint density at radius 1 is 1.43 bits per heavy atom. The van der Waals surface area contributed by atoms with E-state index in [1.807, 2.05) is 6.07 Å². The van der Waals surface area contributed by atoms with Gasteiger partial charge in [-0.25, -0.2) is 0 Å². The second-order valence-corrected chi connectivity index (χ2v) is 3.55. The van der Waals surface area contributed by atoms with Crippen LogP contribution >= 0.6 is 11.6 Å². The molecule has 1 aromatic carbocycles. The van der Waals surface area contributed by atoms with Crippen LogP contribution in [0.5, 0.6) is 0 Å². The number of carbonyl (C=O) groups excluding carboxylic acids is 1. The first-order valence-electron chi connectivity index (χ1n) is 4.25. The van der Waals surface area contributed by atoms with Crippen molar-refractivity contribution in [1.29, 1.82) is 0 Å². The van der Waals surface area contributed by atoms with Crippen LogP contribution in [0.1, 0.15) is 10.4 Å². The summed E-state index contributed by atoms with van der Waals surface area (Å²) in [5.74, 6) is -0.0906. The first-order valence-corrected chi connectivity index (χ1v) is 4.63. The first-order chi connectivity index (χ1) is 6.56. The van der Waals surface area contributed by atoms with Crippen molar-refractivity contribution in [2.45, 2.75) is 0 Å². The van der Waals surface area contributed by atoms with E-state index in [2.05, 4.69) is 5.32 Å². The highest BCUT2D eigenvalue weighted by atomic mass is 35.5. The highest BCUT2D eigenvalue weighted by Crippen LogP contribution is 2.21. The molecule has 0 radical (unpaired) electrons. The Kier molecular flexibility index (Phi) is 3.36.